The van der Waals surface area contributed by atoms with E-state index in [0.717, 1.165) is 0 Å². The van der Waals surface area contributed by atoms with Crippen molar-refractivity contribution in [1.82, 2.24) is 14.5 Å². The van der Waals surface area contributed by atoms with Crippen LogP contribution in [0.15, 0.2) is 4.90 Å². The van der Waals surface area contributed by atoms with Crippen LogP contribution in [0.1, 0.15) is 25.2 Å². The van der Waals surface area contributed by atoms with Gasteiger partial charge in [-0.3, -0.25) is 5.10 Å². The SMILES string of the molecule is CCN(CC)S(=O)(=O)c1c(C)n[nH]c1C. The Morgan fingerprint density at radius 3 is 2.13 bits per heavy atom. The van der Waals surface area contributed by atoms with Gasteiger partial charge >= 0.3 is 0 Å². The van der Waals surface area contributed by atoms with Gasteiger partial charge in [-0.15, -0.1) is 0 Å². The molecule has 1 rings (SSSR count). The van der Waals surface area contributed by atoms with Gasteiger partial charge < -0.3 is 0 Å². The van der Waals surface area contributed by atoms with E-state index < -0.39 is 10.0 Å². The number of rotatable bonds is 4. The fraction of sp³-hybridized carbons (Fsp3) is 0.667. The predicted molar refractivity (Wildman–Crippen MR) is 58.2 cm³/mol. The molecular formula is C9H17N3O2S. The molecule has 0 saturated carbocycles. The molecule has 0 bridgehead atoms. The molecular weight excluding hydrogens is 214 g/mol. The fourth-order valence-corrected chi connectivity index (χ4v) is 3.40. The number of aromatic amines is 1. The smallest absolute Gasteiger partial charge is 0.246 e. The van der Waals surface area contributed by atoms with E-state index in [1.807, 2.05) is 13.8 Å². The standard InChI is InChI=1S/C9H17N3O2S/c1-5-12(6-2)15(13,14)9-7(3)10-11-8(9)4/h5-6H2,1-4H3,(H,10,11). The van der Waals surface area contributed by atoms with E-state index in [2.05, 4.69) is 10.2 Å². The van der Waals surface area contributed by atoms with Gasteiger partial charge in [-0.25, -0.2) is 8.42 Å². The maximum absolute atomic E-state index is 12.2. The Labute approximate surface area is 90.5 Å². The Morgan fingerprint density at radius 1 is 1.27 bits per heavy atom. The Morgan fingerprint density at radius 2 is 1.80 bits per heavy atom. The first-order chi connectivity index (χ1) is 6.95. The van der Waals surface area contributed by atoms with Crippen molar-refractivity contribution < 1.29 is 8.42 Å². The molecule has 0 saturated heterocycles. The Hall–Kier alpha value is -0.880. The van der Waals surface area contributed by atoms with Gasteiger partial charge in [0.1, 0.15) is 4.90 Å². The number of aryl methyl sites for hydroxylation is 2. The summed E-state index contributed by atoms with van der Waals surface area (Å²) in [5, 5.41) is 6.59. The summed E-state index contributed by atoms with van der Waals surface area (Å²) in [6, 6.07) is 0. The molecule has 0 radical (unpaired) electrons. The fourth-order valence-electron chi connectivity index (χ4n) is 1.61. The summed E-state index contributed by atoms with van der Waals surface area (Å²) in [7, 11) is -3.38. The molecule has 6 heteroatoms. The first kappa shape index (κ1) is 12.2. The summed E-state index contributed by atoms with van der Waals surface area (Å²) in [4.78, 5) is 0.311. The third-order valence-electron chi connectivity index (χ3n) is 2.36. The number of aromatic nitrogens is 2. The maximum atomic E-state index is 12.2. The van der Waals surface area contributed by atoms with Crippen LogP contribution in [0.4, 0.5) is 0 Å². The van der Waals surface area contributed by atoms with Crippen LogP contribution in [0.25, 0.3) is 0 Å². The van der Waals surface area contributed by atoms with Gasteiger partial charge in [-0.2, -0.15) is 9.40 Å². The van der Waals surface area contributed by atoms with Gasteiger partial charge in [0, 0.05) is 13.1 Å². The van der Waals surface area contributed by atoms with Gasteiger partial charge in [-0.05, 0) is 13.8 Å². The molecule has 1 N–H and O–H groups in total. The molecule has 0 amide bonds. The normalized spacial score (nSPS) is 12.3. The summed E-state index contributed by atoms with van der Waals surface area (Å²) in [5.41, 5.74) is 1.12. The molecule has 0 aliphatic heterocycles. The van der Waals surface area contributed by atoms with Crippen LogP contribution >= 0.6 is 0 Å². The molecule has 1 aromatic heterocycles. The van der Waals surface area contributed by atoms with Crippen LogP contribution in [0, 0.1) is 13.8 Å². The largest absolute Gasteiger partial charge is 0.281 e. The van der Waals surface area contributed by atoms with Crippen molar-refractivity contribution in [3.8, 4) is 0 Å². The van der Waals surface area contributed by atoms with E-state index >= 15 is 0 Å². The van der Waals surface area contributed by atoms with Crippen molar-refractivity contribution in [3.05, 3.63) is 11.4 Å². The average Bonchev–Trinajstić information content (AvgIpc) is 2.48. The van der Waals surface area contributed by atoms with E-state index in [1.54, 1.807) is 13.8 Å². The van der Waals surface area contributed by atoms with Crippen LogP contribution in [-0.4, -0.2) is 36.0 Å². The summed E-state index contributed by atoms with van der Waals surface area (Å²) < 4.78 is 25.8. The van der Waals surface area contributed by atoms with Gasteiger partial charge in [0.25, 0.3) is 0 Å². The number of hydrogen-bond acceptors (Lipinski definition) is 3. The van der Waals surface area contributed by atoms with Crippen LogP contribution < -0.4 is 0 Å². The predicted octanol–water partition coefficient (Wildman–Crippen LogP) is 1.06. The van der Waals surface area contributed by atoms with Crippen molar-refractivity contribution in [1.29, 1.82) is 0 Å². The van der Waals surface area contributed by atoms with Crippen LogP contribution in [0.5, 0.6) is 0 Å². The van der Waals surface area contributed by atoms with Crippen molar-refractivity contribution in [2.24, 2.45) is 0 Å². The van der Waals surface area contributed by atoms with Crippen molar-refractivity contribution in [2.75, 3.05) is 13.1 Å². The van der Waals surface area contributed by atoms with Gasteiger partial charge in [0.05, 0.1) is 11.4 Å². The monoisotopic (exact) mass is 231 g/mol. The van der Waals surface area contributed by atoms with E-state index in [9.17, 15) is 8.42 Å². The zero-order chi connectivity index (χ0) is 11.6. The van der Waals surface area contributed by atoms with Crippen LogP contribution in [-0.2, 0) is 10.0 Å². The molecule has 0 aliphatic carbocycles. The van der Waals surface area contributed by atoms with Crippen LogP contribution in [0.3, 0.4) is 0 Å². The maximum Gasteiger partial charge on any atom is 0.246 e. The Kier molecular flexibility index (Phi) is 3.51. The highest BCUT2D eigenvalue weighted by Gasteiger charge is 2.27. The molecule has 0 aromatic carbocycles. The van der Waals surface area contributed by atoms with E-state index in [0.29, 0.717) is 29.4 Å². The minimum absolute atomic E-state index is 0.311. The molecule has 15 heavy (non-hydrogen) atoms. The average molecular weight is 231 g/mol. The number of H-pyrrole nitrogens is 1. The second-order valence-corrected chi connectivity index (χ2v) is 5.23. The topological polar surface area (TPSA) is 66.1 Å². The lowest BCUT2D eigenvalue weighted by Gasteiger charge is -2.18. The number of nitrogens with zero attached hydrogens (tertiary/aromatic N) is 2. The number of hydrogen-bond donors (Lipinski definition) is 1. The van der Waals surface area contributed by atoms with Gasteiger partial charge in [0.15, 0.2) is 0 Å². The number of sulfonamides is 1. The minimum Gasteiger partial charge on any atom is -0.281 e. The lowest BCUT2D eigenvalue weighted by atomic mass is 10.4. The highest BCUT2D eigenvalue weighted by Crippen LogP contribution is 2.20. The van der Waals surface area contributed by atoms with E-state index in [1.165, 1.54) is 4.31 Å². The van der Waals surface area contributed by atoms with Crippen LogP contribution in [0.2, 0.25) is 0 Å². The minimum atomic E-state index is -3.38. The molecule has 1 aromatic rings. The second-order valence-electron chi connectivity index (χ2n) is 3.35. The van der Waals surface area contributed by atoms with Gasteiger partial charge in [0.2, 0.25) is 10.0 Å². The summed E-state index contributed by atoms with van der Waals surface area (Å²) in [5.74, 6) is 0. The summed E-state index contributed by atoms with van der Waals surface area (Å²) >= 11 is 0. The van der Waals surface area contributed by atoms with Gasteiger partial charge in [-0.1, -0.05) is 13.8 Å². The summed E-state index contributed by atoms with van der Waals surface area (Å²) in [6.45, 7) is 8.01. The quantitative estimate of drug-likeness (QED) is 0.842. The summed E-state index contributed by atoms with van der Waals surface area (Å²) in [6.07, 6.45) is 0. The zero-order valence-electron chi connectivity index (χ0n) is 9.53. The zero-order valence-corrected chi connectivity index (χ0v) is 10.3. The molecule has 0 unspecified atom stereocenters. The lowest BCUT2D eigenvalue weighted by molar-refractivity contribution is 0.444. The first-order valence-electron chi connectivity index (χ1n) is 4.96. The molecule has 0 spiro atoms. The Balaban J connectivity index is 3.28. The third-order valence-corrected chi connectivity index (χ3v) is 4.68. The Bertz CT molecular complexity index is 413. The molecule has 0 atom stereocenters. The third kappa shape index (κ3) is 2.05. The first-order valence-corrected chi connectivity index (χ1v) is 6.40. The molecule has 86 valence electrons. The highest BCUT2D eigenvalue weighted by atomic mass is 32.2. The molecule has 5 nitrogen and oxygen atoms in total. The lowest BCUT2D eigenvalue weighted by Crippen LogP contribution is -2.31. The number of nitrogens with one attached hydrogen (secondary N) is 1. The van der Waals surface area contributed by atoms with Crippen molar-refractivity contribution >= 4 is 10.0 Å². The second kappa shape index (κ2) is 4.32. The molecule has 0 fully saturated rings. The molecule has 0 aliphatic rings. The highest BCUT2D eigenvalue weighted by molar-refractivity contribution is 7.89. The van der Waals surface area contributed by atoms with E-state index in [-0.39, 0.29) is 0 Å². The van der Waals surface area contributed by atoms with E-state index in [4.69, 9.17) is 0 Å². The van der Waals surface area contributed by atoms with Crippen molar-refractivity contribution in [2.45, 2.75) is 32.6 Å². The molecule has 1 heterocycles. The van der Waals surface area contributed by atoms with Crippen molar-refractivity contribution in [3.63, 3.8) is 0 Å².